The average Bonchev–Trinajstić information content (AvgIpc) is 2.88. The number of aryl methyl sites for hydroxylation is 1. The van der Waals surface area contributed by atoms with Crippen LogP contribution < -0.4 is 16.8 Å². The third kappa shape index (κ3) is 6.34. The van der Waals surface area contributed by atoms with Gasteiger partial charge >= 0.3 is 6.09 Å². The Balaban J connectivity index is 1.83. The van der Waals surface area contributed by atoms with Crippen molar-refractivity contribution in [2.45, 2.75) is 38.1 Å². The van der Waals surface area contributed by atoms with Crippen molar-refractivity contribution in [3.8, 4) is 0 Å². The number of hydrogen-bond donors (Lipinski definition) is 4. The molecule has 0 saturated carbocycles. The van der Waals surface area contributed by atoms with Gasteiger partial charge in [-0.15, -0.1) is 0 Å². The summed E-state index contributed by atoms with van der Waals surface area (Å²) in [5.74, 6) is -1.84. The summed E-state index contributed by atoms with van der Waals surface area (Å²) < 4.78 is 5.63. The van der Waals surface area contributed by atoms with E-state index in [1.807, 2.05) is 19.1 Å². The number of benzene rings is 2. The molecule has 1 fully saturated rings. The lowest BCUT2D eigenvalue weighted by Crippen LogP contribution is -2.54. The van der Waals surface area contributed by atoms with Crippen LogP contribution in [0.1, 0.15) is 36.8 Å². The molecule has 2 aromatic rings. The molecule has 0 aromatic heterocycles. The van der Waals surface area contributed by atoms with Gasteiger partial charge in [-0.25, -0.2) is 4.79 Å². The number of aliphatic hydroxyl groups is 1. The first-order valence-corrected chi connectivity index (χ1v) is 12.3. The molecule has 1 aliphatic heterocycles. The summed E-state index contributed by atoms with van der Waals surface area (Å²) in [4.78, 5) is 39.5. The first-order valence-electron chi connectivity index (χ1n) is 11.9. The average molecular weight is 517 g/mol. The van der Waals surface area contributed by atoms with Crippen LogP contribution in [0.2, 0.25) is 5.02 Å². The Kier molecular flexibility index (Phi) is 9.31. The van der Waals surface area contributed by atoms with Crippen molar-refractivity contribution in [2.24, 2.45) is 16.9 Å². The van der Waals surface area contributed by atoms with Gasteiger partial charge in [-0.1, -0.05) is 48.9 Å². The first kappa shape index (κ1) is 27.4. The molecule has 2 aromatic carbocycles. The molecule has 0 radical (unpaired) electrons. The van der Waals surface area contributed by atoms with Crippen LogP contribution in [0, 0.1) is 5.41 Å². The van der Waals surface area contributed by atoms with E-state index in [2.05, 4.69) is 5.32 Å². The Morgan fingerprint density at radius 3 is 2.33 bits per heavy atom. The summed E-state index contributed by atoms with van der Waals surface area (Å²) in [6.45, 7) is 1.97. The van der Waals surface area contributed by atoms with Crippen molar-refractivity contribution in [3.05, 3.63) is 64.7 Å². The van der Waals surface area contributed by atoms with Gasteiger partial charge in [-0.3, -0.25) is 14.9 Å². The molecule has 6 N–H and O–H groups in total. The maximum absolute atomic E-state index is 12.8. The molecule has 0 aliphatic carbocycles. The molecule has 3 rings (SSSR count). The molecule has 1 saturated heterocycles. The minimum Gasteiger partial charge on any atom is -0.449 e. The van der Waals surface area contributed by atoms with Crippen molar-refractivity contribution in [1.29, 1.82) is 0 Å². The van der Waals surface area contributed by atoms with E-state index in [0.717, 1.165) is 12.0 Å². The van der Waals surface area contributed by atoms with E-state index in [0.29, 0.717) is 29.1 Å². The maximum atomic E-state index is 12.8. The minimum atomic E-state index is -1.02. The number of halogens is 1. The molecule has 2 atom stereocenters. The smallest absolute Gasteiger partial charge is 0.411 e. The predicted octanol–water partition coefficient (Wildman–Crippen LogP) is 2.65. The number of likely N-dealkylation sites (tertiary alicyclic amines) is 1. The minimum absolute atomic E-state index is 0.112. The second-order valence-corrected chi connectivity index (χ2v) is 9.49. The summed E-state index contributed by atoms with van der Waals surface area (Å²) in [5, 5.41) is 12.3. The normalized spacial score (nSPS) is 16.6. The lowest BCUT2D eigenvalue weighted by molar-refractivity contribution is -0.137. The highest BCUT2D eigenvalue weighted by atomic mass is 35.5. The van der Waals surface area contributed by atoms with Crippen LogP contribution in [-0.4, -0.2) is 60.3 Å². The van der Waals surface area contributed by atoms with Crippen molar-refractivity contribution in [3.63, 3.8) is 0 Å². The fourth-order valence-corrected chi connectivity index (χ4v) is 4.93. The SMILES string of the molecule is CCc1ccc(NC(=O)OCC2(C(C(N)=O)c3ccccc3Cl)CCN(C(=O)C(N)CO)CC2)cc1. The van der Waals surface area contributed by atoms with Crippen molar-refractivity contribution >= 4 is 35.2 Å². The van der Waals surface area contributed by atoms with Gasteiger partial charge in [-0.05, 0) is 48.6 Å². The Morgan fingerprint density at radius 2 is 1.78 bits per heavy atom. The Hall–Kier alpha value is -3.14. The highest BCUT2D eigenvalue weighted by molar-refractivity contribution is 6.31. The summed E-state index contributed by atoms with van der Waals surface area (Å²) in [6.07, 6.45) is 0.844. The lowest BCUT2D eigenvalue weighted by Gasteiger charge is -2.45. The van der Waals surface area contributed by atoms with Crippen LogP contribution in [0.5, 0.6) is 0 Å². The second-order valence-electron chi connectivity index (χ2n) is 9.09. The zero-order valence-electron chi connectivity index (χ0n) is 20.3. The van der Waals surface area contributed by atoms with Crippen LogP contribution in [-0.2, 0) is 20.7 Å². The number of carbonyl (C=O) groups is 3. The number of nitrogens with zero attached hydrogens (tertiary/aromatic N) is 1. The van der Waals surface area contributed by atoms with E-state index in [1.54, 1.807) is 41.3 Å². The molecule has 36 heavy (non-hydrogen) atoms. The third-order valence-electron chi connectivity index (χ3n) is 6.80. The van der Waals surface area contributed by atoms with Crippen LogP contribution in [0.15, 0.2) is 48.5 Å². The molecular formula is C26H33ClN4O5. The van der Waals surface area contributed by atoms with E-state index in [-0.39, 0.29) is 25.6 Å². The van der Waals surface area contributed by atoms with Gasteiger partial charge < -0.3 is 26.2 Å². The molecule has 1 heterocycles. The number of ether oxygens (including phenoxy) is 1. The monoisotopic (exact) mass is 516 g/mol. The van der Waals surface area contributed by atoms with Gasteiger partial charge in [0.1, 0.15) is 12.6 Å². The fourth-order valence-electron chi connectivity index (χ4n) is 4.68. The van der Waals surface area contributed by atoms with Gasteiger partial charge in [0.2, 0.25) is 11.8 Å². The molecule has 1 aliphatic rings. The fraction of sp³-hybridized carbons (Fsp3) is 0.423. The molecular weight excluding hydrogens is 484 g/mol. The maximum Gasteiger partial charge on any atom is 0.411 e. The van der Waals surface area contributed by atoms with Crippen LogP contribution in [0.25, 0.3) is 0 Å². The van der Waals surface area contributed by atoms with Crippen molar-refractivity contribution in [1.82, 2.24) is 4.90 Å². The topological polar surface area (TPSA) is 148 Å². The van der Waals surface area contributed by atoms with Crippen LogP contribution >= 0.6 is 11.6 Å². The summed E-state index contributed by atoms with van der Waals surface area (Å²) in [6, 6.07) is 13.3. The van der Waals surface area contributed by atoms with Crippen molar-refractivity contribution in [2.75, 3.05) is 31.6 Å². The Morgan fingerprint density at radius 1 is 1.14 bits per heavy atom. The highest BCUT2D eigenvalue weighted by Gasteiger charge is 2.47. The molecule has 10 heteroatoms. The largest absolute Gasteiger partial charge is 0.449 e. The molecule has 9 nitrogen and oxygen atoms in total. The van der Waals surface area contributed by atoms with Gasteiger partial charge in [-0.2, -0.15) is 0 Å². The molecule has 0 spiro atoms. The predicted molar refractivity (Wildman–Crippen MR) is 137 cm³/mol. The number of primary amides is 1. The molecule has 194 valence electrons. The van der Waals surface area contributed by atoms with Gasteiger partial charge in [0.05, 0.1) is 12.5 Å². The van der Waals surface area contributed by atoms with Gasteiger partial charge in [0.25, 0.3) is 0 Å². The Labute approximate surface area is 215 Å². The quantitative estimate of drug-likeness (QED) is 0.402. The Bertz CT molecular complexity index is 1070. The van der Waals surface area contributed by atoms with Gasteiger partial charge in [0, 0.05) is 29.2 Å². The number of hydrogen-bond acceptors (Lipinski definition) is 6. The van der Waals surface area contributed by atoms with E-state index >= 15 is 0 Å². The number of amides is 3. The summed E-state index contributed by atoms with van der Waals surface area (Å²) in [5.41, 5.74) is 13.0. The lowest BCUT2D eigenvalue weighted by atomic mass is 9.66. The number of nitrogens with one attached hydrogen (secondary N) is 1. The van der Waals surface area contributed by atoms with E-state index in [9.17, 15) is 19.5 Å². The van der Waals surface area contributed by atoms with Crippen molar-refractivity contribution < 1.29 is 24.2 Å². The number of rotatable bonds is 9. The summed E-state index contributed by atoms with van der Waals surface area (Å²) in [7, 11) is 0. The van der Waals surface area contributed by atoms with Crippen LogP contribution in [0.3, 0.4) is 0 Å². The zero-order chi connectivity index (χ0) is 26.3. The number of nitrogens with two attached hydrogens (primary N) is 2. The van der Waals surface area contributed by atoms with E-state index in [1.165, 1.54) is 0 Å². The molecule has 0 bridgehead atoms. The molecule has 3 amide bonds. The second kappa shape index (κ2) is 12.2. The number of carbonyl (C=O) groups excluding carboxylic acids is 3. The summed E-state index contributed by atoms with van der Waals surface area (Å²) >= 11 is 6.44. The zero-order valence-corrected chi connectivity index (χ0v) is 21.0. The highest BCUT2D eigenvalue weighted by Crippen LogP contribution is 2.46. The number of piperidine rings is 1. The van der Waals surface area contributed by atoms with Gasteiger partial charge in [0.15, 0.2) is 0 Å². The first-order chi connectivity index (χ1) is 17.2. The molecule has 2 unspecified atom stereocenters. The number of anilines is 1. The number of aliphatic hydroxyl groups excluding tert-OH is 1. The van der Waals surface area contributed by atoms with Crippen LogP contribution in [0.4, 0.5) is 10.5 Å². The standard InChI is InChI=1S/C26H33ClN4O5/c1-2-17-7-9-18(10-8-17)30-25(35)36-16-26(11-13-31(14-12-26)24(34)21(28)15-32)22(23(29)33)19-5-3-4-6-20(19)27/h3-10,21-22,32H,2,11-16,28H2,1H3,(H2,29,33)(H,30,35). The third-order valence-corrected chi connectivity index (χ3v) is 7.14. The van der Waals surface area contributed by atoms with E-state index in [4.69, 9.17) is 27.8 Å². The van der Waals surface area contributed by atoms with E-state index < -0.39 is 36.0 Å².